The number of nitrogens with zero attached hydrogens (tertiary/aromatic N) is 2. The van der Waals surface area contributed by atoms with E-state index in [0.29, 0.717) is 6.04 Å². The molecule has 1 saturated carbocycles. The maximum absolute atomic E-state index is 9.31. The fourth-order valence-electron chi connectivity index (χ4n) is 2.94. The Labute approximate surface area is 112 Å². The third kappa shape index (κ3) is 3.96. The number of likely N-dealkylation sites (tertiary alicyclic amines) is 1. The molecule has 2 fully saturated rings. The second kappa shape index (κ2) is 6.04. The lowest BCUT2D eigenvalue weighted by Gasteiger charge is -2.24. The van der Waals surface area contributed by atoms with Crippen molar-refractivity contribution < 1.29 is 0 Å². The van der Waals surface area contributed by atoms with Crippen LogP contribution >= 0.6 is 0 Å². The van der Waals surface area contributed by atoms with Crippen LogP contribution in [0.15, 0.2) is 0 Å². The molecular weight excluding hydrogens is 222 g/mol. The van der Waals surface area contributed by atoms with Gasteiger partial charge in [-0.2, -0.15) is 5.26 Å². The van der Waals surface area contributed by atoms with Crippen LogP contribution in [0.5, 0.6) is 0 Å². The first-order valence-electron chi connectivity index (χ1n) is 7.56. The van der Waals surface area contributed by atoms with Crippen LogP contribution in [0.4, 0.5) is 0 Å². The highest BCUT2D eigenvalue weighted by atomic mass is 15.1. The zero-order chi connectivity index (χ0) is 13.0. The van der Waals surface area contributed by atoms with Crippen molar-refractivity contribution >= 4 is 0 Å². The molecule has 0 spiro atoms. The van der Waals surface area contributed by atoms with Gasteiger partial charge in [0.25, 0.3) is 0 Å². The smallest absolute Gasteiger partial charge is 0.104 e. The zero-order valence-corrected chi connectivity index (χ0v) is 11.9. The molecule has 2 atom stereocenters. The van der Waals surface area contributed by atoms with Crippen LogP contribution < -0.4 is 5.32 Å². The molecule has 0 aromatic rings. The SMILES string of the molecule is CCC1CCN(CCCC(C)(C#N)NC2CC2)C1. The second-order valence-corrected chi connectivity index (χ2v) is 6.33. The highest BCUT2D eigenvalue weighted by molar-refractivity contribution is 5.07. The first kappa shape index (κ1) is 13.8. The molecule has 1 saturated heterocycles. The topological polar surface area (TPSA) is 39.1 Å². The van der Waals surface area contributed by atoms with E-state index < -0.39 is 0 Å². The molecule has 0 radical (unpaired) electrons. The third-order valence-electron chi connectivity index (χ3n) is 4.45. The molecule has 102 valence electrons. The number of rotatable bonds is 7. The zero-order valence-electron chi connectivity index (χ0n) is 11.9. The second-order valence-electron chi connectivity index (χ2n) is 6.33. The van der Waals surface area contributed by atoms with E-state index in [9.17, 15) is 5.26 Å². The summed E-state index contributed by atoms with van der Waals surface area (Å²) in [5.41, 5.74) is -0.301. The molecule has 3 nitrogen and oxygen atoms in total. The minimum Gasteiger partial charge on any atom is -0.303 e. The summed E-state index contributed by atoms with van der Waals surface area (Å²) in [5, 5.41) is 12.8. The van der Waals surface area contributed by atoms with Gasteiger partial charge in [0.1, 0.15) is 5.54 Å². The van der Waals surface area contributed by atoms with Crippen LogP contribution in [0.3, 0.4) is 0 Å². The fourth-order valence-corrected chi connectivity index (χ4v) is 2.94. The van der Waals surface area contributed by atoms with Crippen LogP contribution in [0, 0.1) is 17.2 Å². The molecule has 2 unspecified atom stereocenters. The van der Waals surface area contributed by atoms with Gasteiger partial charge < -0.3 is 4.90 Å². The van der Waals surface area contributed by atoms with Crippen molar-refractivity contribution in [3.63, 3.8) is 0 Å². The van der Waals surface area contributed by atoms with E-state index in [1.165, 1.54) is 45.3 Å². The summed E-state index contributed by atoms with van der Waals surface area (Å²) in [4.78, 5) is 2.57. The van der Waals surface area contributed by atoms with Crippen LogP contribution in [-0.2, 0) is 0 Å². The van der Waals surface area contributed by atoms with Gasteiger partial charge in [0, 0.05) is 12.6 Å². The molecule has 0 aromatic carbocycles. The highest BCUT2D eigenvalue weighted by Gasteiger charge is 2.32. The highest BCUT2D eigenvalue weighted by Crippen LogP contribution is 2.25. The Kier molecular flexibility index (Phi) is 4.64. The van der Waals surface area contributed by atoms with E-state index in [1.807, 2.05) is 0 Å². The van der Waals surface area contributed by atoms with Crippen molar-refractivity contribution in [1.29, 1.82) is 5.26 Å². The van der Waals surface area contributed by atoms with E-state index in [-0.39, 0.29) is 5.54 Å². The predicted octanol–water partition coefficient (Wildman–Crippen LogP) is 2.53. The number of nitrogens with one attached hydrogen (secondary N) is 1. The summed E-state index contributed by atoms with van der Waals surface area (Å²) in [7, 11) is 0. The van der Waals surface area contributed by atoms with Crippen molar-refractivity contribution in [3.8, 4) is 6.07 Å². The van der Waals surface area contributed by atoms with E-state index in [4.69, 9.17) is 0 Å². The standard InChI is InChI=1S/C15H27N3/c1-3-13-7-10-18(11-13)9-4-8-15(2,12-16)17-14-5-6-14/h13-14,17H,3-11H2,1-2H3. The largest absolute Gasteiger partial charge is 0.303 e. The molecule has 3 heteroatoms. The van der Waals surface area contributed by atoms with Crippen molar-refractivity contribution in [1.82, 2.24) is 10.2 Å². The molecule has 1 N–H and O–H groups in total. The molecule has 1 aliphatic carbocycles. The molecule has 0 amide bonds. The van der Waals surface area contributed by atoms with Gasteiger partial charge in [-0.1, -0.05) is 13.3 Å². The van der Waals surface area contributed by atoms with Gasteiger partial charge in [-0.25, -0.2) is 0 Å². The molecule has 0 aromatic heterocycles. The summed E-state index contributed by atoms with van der Waals surface area (Å²) in [6.45, 7) is 8.05. The van der Waals surface area contributed by atoms with Crippen LogP contribution in [0.2, 0.25) is 0 Å². The first-order valence-corrected chi connectivity index (χ1v) is 7.56. The van der Waals surface area contributed by atoms with Gasteiger partial charge in [0.15, 0.2) is 0 Å². The minimum atomic E-state index is -0.301. The molecule has 2 aliphatic rings. The van der Waals surface area contributed by atoms with Crippen LogP contribution in [-0.4, -0.2) is 36.1 Å². The average molecular weight is 249 g/mol. The predicted molar refractivity (Wildman–Crippen MR) is 74.2 cm³/mol. The molecule has 18 heavy (non-hydrogen) atoms. The molecule has 2 rings (SSSR count). The number of hydrogen-bond donors (Lipinski definition) is 1. The quantitative estimate of drug-likeness (QED) is 0.753. The monoisotopic (exact) mass is 249 g/mol. The number of nitriles is 1. The molecule has 1 heterocycles. The summed E-state index contributed by atoms with van der Waals surface area (Å²) in [6.07, 6.45) is 7.30. The summed E-state index contributed by atoms with van der Waals surface area (Å²) in [5.74, 6) is 0.914. The van der Waals surface area contributed by atoms with E-state index in [2.05, 4.69) is 30.1 Å². The lowest BCUT2D eigenvalue weighted by atomic mass is 9.97. The summed E-state index contributed by atoms with van der Waals surface area (Å²) in [6, 6.07) is 3.08. The Morgan fingerprint density at radius 2 is 2.17 bits per heavy atom. The maximum atomic E-state index is 9.31. The van der Waals surface area contributed by atoms with Crippen molar-refractivity contribution in [2.45, 2.75) is 64.0 Å². The Balaban J connectivity index is 1.66. The van der Waals surface area contributed by atoms with Gasteiger partial charge in [-0.15, -0.1) is 0 Å². The molecular formula is C15H27N3. The van der Waals surface area contributed by atoms with Crippen LogP contribution in [0.25, 0.3) is 0 Å². The Morgan fingerprint density at radius 1 is 1.39 bits per heavy atom. The Morgan fingerprint density at radius 3 is 2.72 bits per heavy atom. The summed E-state index contributed by atoms with van der Waals surface area (Å²) >= 11 is 0. The van der Waals surface area contributed by atoms with Crippen LogP contribution in [0.1, 0.15) is 52.4 Å². The average Bonchev–Trinajstić information content (AvgIpc) is 3.05. The van der Waals surface area contributed by atoms with Gasteiger partial charge in [0.05, 0.1) is 6.07 Å². The minimum absolute atomic E-state index is 0.301. The van der Waals surface area contributed by atoms with Gasteiger partial charge in [-0.3, -0.25) is 5.32 Å². The van der Waals surface area contributed by atoms with Gasteiger partial charge in [-0.05, 0) is 58.0 Å². The van der Waals surface area contributed by atoms with E-state index in [0.717, 1.165) is 18.8 Å². The van der Waals surface area contributed by atoms with Crippen molar-refractivity contribution in [2.24, 2.45) is 5.92 Å². The van der Waals surface area contributed by atoms with Crippen molar-refractivity contribution in [2.75, 3.05) is 19.6 Å². The van der Waals surface area contributed by atoms with Crippen molar-refractivity contribution in [3.05, 3.63) is 0 Å². The lowest BCUT2D eigenvalue weighted by Crippen LogP contribution is -2.42. The lowest BCUT2D eigenvalue weighted by molar-refractivity contribution is 0.295. The molecule has 1 aliphatic heterocycles. The first-order chi connectivity index (χ1) is 8.65. The summed E-state index contributed by atoms with van der Waals surface area (Å²) < 4.78 is 0. The van der Waals surface area contributed by atoms with E-state index in [1.54, 1.807) is 0 Å². The van der Waals surface area contributed by atoms with Gasteiger partial charge >= 0.3 is 0 Å². The number of hydrogen-bond acceptors (Lipinski definition) is 3. The normalized spacial score (nSPS) is 27.9. The van der Waals surface area contributed by atoms with Gasteiger partial charge in [0.2, 0.25) is 0 Å². The molecule has 0 bridgehead atoms. The Bertz CT molecular complexity index is 305. The van der Waals surface area contributed by atoms with E-state index >= 15 is 0 Å². The Hall–Kier alpha value is -0.590. The maximum Gasteiger partial charge on any atom is 0.104 e. The fraction of sp³-hybridized carbons (Fsp3) is 0.933. The third-order valence-corrected chi connectivity index (χ3v) is 4.45.